The number of hydrogen-bond acceptors (Lipinski definition) is 6. The van der Waals surface area contributed by atoms with Crippen LogP contribution in [-0.2, 0) is 9.53 Å². The molecule has 1 amide bonds. The lowest BCUT2D eigenvalue weighted by Gasteiger charge is -2.24. The number of fused-ring (bicyclic) bond motifs is 2. The first kappa shape index (κ1) is 18.3. The molecule has 0 unspecified atom stereocenters. The summed E-state index contributed by atoms with van der Waals surface area (Å²) in [5.41, 5.74) is 2.96. The SMILES string of the molecule is CCOC(=O)c1ccc(-c2ccc([C@@H]3CC(=O)Nc4cc5c(cc43)OCO5)o2)cc1. The number of hydrogen-bond donors (Lipinski definition) is 1. The molecule has 5 rings (SSSR count). The van der Waals surface area contributed by atoms with Crippen molar-refractivity contribution in [2.75, 3.05) is 18.7 Å². The molecule has 7 heteroatoms. The van der Waals surface area contributed by atoms with E-state index >= 15 is 0 Å². The van der Waals surface area contributed by atoms with Crippen molar-refractivity contribution < 1.29 is 28.2 Å². The van der Waals surface area contributed by atoms with Gasteiger partial charge < -0.3 is 23.9 Å². The van der Waals surface area contributed by atoms with Gasteiger partial charge in [-0.2, -0.15) is 0 Å². The number of rotatable bonds is 4. The first-order valence-electron chi connectivity index (χ1n) is 9.73. The quantitative estimate of drug-likeness (QED) is 0.651. The summed E-state index contributed by atoms with van der Waals surface area (Å²) in [7, 11) is 0. The lowest BCUT2D eigenvalue weighted by atomic mass is 9.88. The Balaban J connectivity index is 1.45. The topological polar surface area (TPSA) is 87.0 Å². The van der Waals surface area contributed by atoms with Crippen LogP contribution in [0.15, 0.2) is 52.9 Å². The molecule has 3 heterocycles. The molecule has 1 N–H and O–H groups in total. The van der Waals surface area contributed by atoms with E-state index in [0.717, 1.165) is 11.1 Å². The highest BCUT2D eigenvalue weighted by Gasteiger charge is 2.31. The third-order valence-corrected chi connectivity index (χ3v) is 5.23. The molecule has 0 aliphatic carbocycles. The van der Waals surface area contributed by atoms with Crippen LogP contribution in [-0.4, -0.2) is 25.3 Å². The highest BCUT2D eigenvalue weighted by molar-refractivity contribution is 5.96. The van der Waals surface area contributed by atoms with E-state index in [0.29, 0.717) is 40.9 Å². The molecular formula is C23H19NO6. The van der Waals surface area contributed by atoms with Gasteiger partial charge in [-0.1, -0.05) is 12.1 Å². The van der Waals surface area contributed by atoms with Crippen LogP contribution in [0.2, 0.25) is 0 Å². The van der Waals surface area contributed by atoms with Gasteiger partial charge in [0.05, 0.1) is 18.1 Å². The van der Waals surface area contributed by atoms with E-state index in [1.807, 2.05) is 30.3 Å². The number of furan rings is 1. The van der Waals surface area contributed by atoms with Crippen molar-refractivity contribution in [3.8, 4) is 22.8 Å². The van der Waals surface area contributed by atoms with E-state index in [9.17, 15) is 9.59 Å². The molecule has 0 saturated carbocycles. The van der Waals surface area contributed by atoms with Gasteiger partial charge in [-0.05, 0) is 42.8 Å². The summed E-state index contributed by atoms with van der Waals surface area (Å²) in [6.07, 6.45) is 0.279. The summed E-state index contributed by atoms with van der Waals surface area (Å²) in [5.74, 6) is 1.97. The summed E-state index contributed by atoms with van der Waals surface area (Å²) in [5, 5.41) is 2.89. The molecule has 0 radical (unpaired) electrons. The van der Waals surface area contributed by atoms with Crippen LogP contribution >= 0.6 is 0 Å². The fraction of sp³-hybridized carbons (Fsp3) is 0.217. The maximum absolute atomic E-state index is 12.3. The van der Waals surface area contributed by atoms with Crippen LogP contribution in [0.1, 0.15) is 40.9 Å². The number of benzene rings is 2. The first-order chi connectivity index (χ1) is 14.6. The van der Waals surface area contributed by atoms with E-state index in [1.54, 1.807) is 25.1 Å². The van der Waals surface area contributed by atoms with Crippen LogP contribution < -0.4 is 14.8 Å². The van der Waals surface area contributed by atoms with Gasteiger partial charge in [0.25, 0.3) is 0 Å². The van der Waals surface area contributed by atoms with Crippen molar-refractivity contribution in [1.82, 2.24) is 0 Å². The largest absolute Gasteiger partial charge is 0.462 e. The van der Waals surface area contributed by atoms with Crippen LogP contribution in [0.3, 0.4) is 0 Å². The molecule has 7 nitrogen and oxygen atoms in total. The molecule has 1 atom stereocenters. The maximum Gasteiger partial charge on any atom is 0.338 e. The molecule has 0 fully saturated rings. The van der Waals surface area contributed by atoms with Crippen LogP contribution in [0.5, 0.6) is 11.5 Å². The summed E-state index contributed by atoms with van der Waals surface area (Å²) in [6, 6.07) is 14.5. The van der Waals surface area contributed by atoms with Gasteiger partial charge in [0.2, 0.25) is 12.7 Å². The Morgan fingerprint density at radius 3 is 2.63 bits per heavy atom. The lowest BCUT2D eigenvalue weighted by molar-refractivity contribution is -0.116. The average Bonchev–Trinajstić information content (AvgIpc) is 3.41. The van der Waals surface area contributed by atoms with Gasteiger partial charge in [-0.25, -0.2) is 4.79 Å². The van der Waals surface area contributed by atoms with Crippen molar-refractivity contribution in [3.05, 3.63) is 65.4 Å². The van der Waals surface area contributed by atoms with Crippen molar-refractivity contribution in [2.45, 2.75) is 19.3 Å². The van der Waals surface area contributed by atoms with Crippen LogP contribution in [0.4, 0.5) is 5.69 Å². The highest BCUT2D eigenvalue weighted by atomic mass is 16.7. The van der Waals surface area contributed by atoms with Gasteiger partial charge in [-0.3, -0.25) is 4.79 Å². The summed E-state index contributed by atoms with van der Waals surface area (Å²) in [6.45, 7) is 2.27. The van der Waals surface area contributed by atoms with Crippen molar-refractivity contribution in [3.63, 3.8) is 0 Å². The van der Waals surface area contributed by atoms with E-state index in [1.165, 1.54) is 0 Å². The standard InChI is InChI=1S/C23H19NO6/c1-2-27-23(26)14-5-3-13(4-6-14)18-7-8-19(30-18)16-10-22(25)24-17-11-21-20(9-15(16)17)28-12-29-21/h3-9,11,16H,2,10,12H2,1H3,(H,24,25)/t16-/m1/s1. The Kier molecular flexibility index (Phi) is 4.43. The van der Waals surface area contributed by atoms with E-state index < -0.39 is 0 Å². The Morgan fingerprint density at radius 2 is 1.87 bits per heavy atom. The zero-order chi connectivity index (χ0) is 20.7. The number of ether oxygens (including phenoxy) is 3. The molecule has 0 bridgehead atoms. The Labute approximate surface area is 172 Å². The Hall–Kier alpha value is -3.74. The van der Waals surface area contributed by atoms with Gasteiger partial charge in [0, 0.05) is 23.7 Å². The molecule has 2 aliphatic heterocycles. The molecular weight excluding hydrogens is 386 g/mol. The number of nitrogens with one attached hydrogen (secondary N) is 1. The monoisotopic (exact) mass is 405 g/mol. The Morgan fingerprint density at radius 1 is 1.10 bits per heavy atom. The summed E-state index contributed by atoms with van der Waals surface area (Å²) >= 11 is 0. The normalized spacial score (nSPS) is 16.7. The number of esters is 1. The maximum atomic E-state index is 12.3. The zero-order valence-electron chi connectivity index (χ0n) is 16.3. The molecule has 1 aromatic heterocycles. The fourth-order valence-electron chi connectivity index (χ4n) is 3.78. The highest BCUT2D eigenvalue weighted by Crippen LogP contribution is 2.45. The minimum absolute atomic E-state index is 0.0805. The molecule has 0 saturated heterocycles. The van der Waals surface area contributed by atoms with Crippen molar-refractivity contribution >= 4 is 17.6 Å². The third kappa shape index (κ3) is 3.18. The number of carbonyl (C=O) groups excluding carboxylic acids is 2. The predicted octanol–water partition coefficient (Wildman–Crippen LogP) is 4.33. The first-order valence-corrected chi connectivity index (χ1v) is 9.73. The van der Waals surface area contributed by atoms with Crippen LogP contribution in [0, 0.1) is 0 Å². The second kappa shape index (κ2) is 7.26. The number of amides is 1. The Bertz CT molecular complexity index is 1130. The molecule has 30 heavy (non-hydrogen) atoms. The second-order valence-electron chi connectivity index (χ2n) is 7.10. The van der Waals surface area contributed by atoms with Gasteiger partial charge in [0.15, 0.2) is 11.5 Å². The number of carbonyl (C=O) groups is 2. The predicted molar refractivity (Wildman–Crippen MR) is 108 cm³/mol. The molecule has 2 aromatic carbocycles. The van der Waals surface area contributed by atoms with Gasteiger partial charge in [-0.15, -0.1) is 0 Å². The minimum Gasteiger partial charge on any atom is -0.462 e. The fourth-order valence-corrected chi connectivity index (χ4v) is 3.78. The van der Waals surface area contributed by atoms with E-state index in [2.05, 4.69) is 5.32 Å². The van der Waals surface area contributed by atoms with Crippen LogP contribution in [0.25, 0.3) is 11.3 Å². The van der Waals surface area contributed by atoms with Gasteiger partial charge >= 0.3 is 5.97 Å². The number of anilines is 1. The molecule has 0 spiro atoms. The van der Waals surface area contributed by atoms with Gasteiger partial charge in [0.1, 0.15) is 11.5 Å². The lowest BCUT2D eigenvalue weighted by Crippen LogP contribution is -2.23. The third-order valence-electron chi connectivity index (χ3n) is 5.23. The summed E-state index contributed by atoms with van der Waals surface area (Å²) < 4.78 is 22.0. The van der Waals surface area contributed by atoms with Crippen molar-refractivity contribution in [2.24, 2.45) is 0 Å². The zero-order valence-corrected chi connectivity index (χ0v) is 16.3. The summed E-state index contributed by atoms with van der Waals surface area (Å²) in [4.78, 5) is 24.1. The minimum atomic E-state index is -0.354. The molecule has 2 aliphatic rings. The smallest absolute Gasteiger partial charge is 0.338 e. The molecule has 3 aromatic rings. The second-order valence-corrected chi connectivity index (χ2v) is 7.10. The van der Waals surface area contributed by atoms with Crippen molar-refractivity contribution in [1.29, 1.82) is 0 Å². The van der Waals surface area contributed by atoms with E-state index in [-0.39, 0.29) is 31.0 Å². The molecule has 152 valence electrons. The van der Waals surface area contributed by atoms with E-state index in [4.69, 9.17) is 18.6 Å². The average molecular weight is 405 g/mol.